The number of likely N-dealkylation sites (tertiary alicyclic amines) is 1. The van der Waals surface area contributed by atoms with Crippen molar-refractivity contribution in [3.63, 3.8) is 0 Å². The zero-order valence-electron chi connectivity index (χ0n) is 10.8. The highest BCUT2D eigenvalue weighted by atomic mass is 16.2. The largest absolute Gasteiger partial charge is 0.366 e. The standard InChI is InChI=1S/C14H17N3O2/c1-17-6-10-11(7-17)12(10)16-14(19)9-4-2-8(3-5-9)13(15)18/h2-5,10-12H,6-7H2,1H3,(H2,15,18)(H,16,19)/t10-,11+,12?. The normalized spacial score (nSPS) is 28.8. The van der Waals surface area contributed by atoms with Gasteiger partial charge in [-0.1, -0.05) is 0 Å². The molecule has 3 atom stereocenters. The number of carbonyl (C=O) groups excluding carboxylic acids is 2. The van der Waals surface area contributed by atoms with Crippen LogP contribution in [0.4, 0.5) is 0 Å². The maximum Gasteiger partial charge on any atom is 0.251 e. The molecule has 3 N–H and O–H groups in total. The SMILES string of the molecule is CN1C[C@@H]2C(NC(=O)c3ccc(C(N)=O)cc3)[C@@H]2C1. The highest BCUT2D eigenvalue weighted by Gasteiger charge is 2.55. The van der Waals surface area contributed by atoms with E-state index >= 15 is 0 Å². The summed E-state index contributed by atoms with van der Waals surface area (Å²) in [6.07, 6.45) is 0. The predicted octanol–water partition coefficient (Wildman–Crippen LogP) is 0.0753. The zero-order chi connectivity index (χ0) is 13.6. The second-order valence-corrected chi connectivity index (χ2v) is 5.49. The number of hydrogen-bond donors (Lipinski definition) is 2. The quantitative estimate of drug-likeness (QED) is 0.807. The van der Waals surface area contributed by atoms with Crippen LogP contribution in [0.2, 0.25) is 0 Å². The van der Waals surface area contributed by atoms with Gasteiger partial charge in [0.05, 0.1) is 0 Å². The molecule has 2 aliphatic rings. The number of nitrogens with two attached hydrogens (primary N) is 1. The number of hydrogen-bond acceptors (Lipinski definition) is 3. The lowest BCUT2D eigenvalue weighted by Gasteiger charge is -2.14. The first kappa shape index (κ1) is 12.2. The van der Waals surface area contributed by atoms with Gasteiger partial charge in [-0.25, -0.2) is 0 Å². The van der Waals surface area contributed by atoms with E-state index in [1.807, 2.05) is 0 Å². The molecule has 2 fully saturated rings. The minimum atomic E-state index is -0.480. The van der Waals surface area contributed by atoms with Gasteiger partial charge in [-0.2, -0.15) is 0 Å². The van der Waals surface area contributed by atoms with Gasteiger partial charge in [-0.05, 0) is 43.1 Å². The number of primary amides is 1. The number of benzene rings is 1. The third-order valence-electron chi connectivity index (χ3n) is 4.11. The van der Waals surface area contributed by atoms with E-state index in [1.54, 1.807) is 24.3 Å². The highest BCUT2D eigenvalue weighted by molar-refractivity contribution is 5.97. The summed E-state index contributed by atoms with van der Waals surface area (Å²) in [5.74, 6) is 0.669. The molecule has 0 radical (unpaired) electrons. The van der Waals surface area contributed by atoms with Crippen molar-refractivity contribution >= 4 is 11.8 Å². The number of carbonyl (C=O) groups is 2. The Morgan fingerprint density at radius 2 is 1.68 bits per heavy atom. The van der Waals surface area contributed by atoms with Crippen LogP contribution in [0.1, 0.15) is 20.7 Å². The Kier molecular flexibility index (Phi) is 2.78. The molecule has 5 heteroatoms. The predicted molar refractivity (Wildman–Crippen MR) is 70.7 cm³/mol. The lowest BCUT2D eigenvalue weighted by atomic mass is 10.1. The summed E-state index contributed by atoms with van der Waals surface area (Å²) >= 11 is 0. The van der Waals surface area contributed by atoms with Gasteiger partial charge in [0.2, 0.25) is 5.91 Å². The van der Waals surface area contributed by atoms with Crippen molar-refractivity contribution in [1.29, 1.82) is 0 Å². The van der Waals surface area contributed by atoms with E-state index in [9.17, 15) is 9.59 Å². The number of nitrogens with zero attached hydrogens (tertiary/aromatic N) is 1. The Labute approximate surface area is 111 Å². The van der Waals surface area contributed by atoms with Crippen LogP contribution in [0.15, 0.2) is 24.3 Å². The van der Waals surface area contributed by atoms with Gasteiger partial charge in [-0.15, -0.1) is 0 Å². The minimum absolute atomic E-state index is 0.0712. The number of nitrogens with one attached hydrogen (secondary N) is 1. The number of fused-ring (bicyclic) bond motifs is 1. The van der Waals surface area contributed by atoms with Gasteiger partial charge in [-0.3, -0.25) is 9.59 Å². The van der Waals surface area contributed by atoms with E-state index in [2.05, 4.69) is 17.3 Å². The van der Waals surface area contributed by atoms with Crippen molar-refractivity contribution in [2.24, 2.45) is 17.6 Å². The molecule has 100 valence electrons. The second-order valence-electron chi connectivity index (χ2n) is 5.49. The first-order chi connectivity index (χ1) is 9.06. The Balaban J connectivity index is 1.61. The van der Waals surface area contributed by atoms with Gasteiger partial charge in [0.25, 0.3) is 5.91 Å². The maximum absolute atomic E-state index is 12.0. The molecule has 1 heterocycles. The lowest BCUT2D eigenvalue weighted by Crippen LogP contribution is -2.33. The molecule has 1 aromatic rings. The summed E-state index contributed by atoms with van der Waals surface area (Å²) in [7, 11) is 2.10. The van der Waals surface area contributed by atoms with Gasteiger partial charge in [0, 0.05) is 30.3 Å². The lowest BCUT2D eigenvalue weighted by molar-refractivity contribution is 0.0941. The van der Waals surface area contributed by atoms with Crippen LogP contribution >= 0.6 is 0 Å². The van der Waals surface area contributed by atoms with Crippen LogP contribution in [0.5, 0.6) is 0 Å². The summed E-state index contributed by atoms with van der Waals surface area (Å²) in [5.41, 5.74) is 6.15. The van der Waals surface area contributed by atoms with Crippen LogP contribution in [0, 0.1) is 11.8 Å². The first-order valence-electron chi connectivity index (χ1n) is 6.45. The fourth-order valence-corrected chi connectivity index (χ4v) is 2.97. The fourth-order valence-electron chi connectivity index (χ4n) is 2.97. The molecule has 1 aliphatic carbocycles. The molecule has 1 aromatic carbocycles. The van der Waals surface area contributed by atoms with Gasteiger partial charge >= 0.3 is 0 Å². The van der Waals surface area contributed by atoms with Gasteiger partial charge < -0.3 is 16.0 Å². The smallest absolute Gasteiger partial charge is 0.251 e. The summed E-state index contributed by atoms with van der Waals surface area (Å²) in [6.45, 7) is 2.13. The van der Waals surface area contributed by atoms with Crippen molar-refractivity contribution in [3.8, 4) is 0 Å². The third kappa shape index (κ3) is 2.21. The molecule has 1 saturated heterocycles. The Morgan fingerprint density at radius 1 is 1.16 bits per heavy atom. The van der Waals surface area contributed by atoms with E-state index in [0.29, 0.717) is 29.0 Å². The van der Waals surface area contributed by atoms with E-state index in [-0.39, 0.29) is 5.91 Å². The molecule has 19 heavy (non-hydrogen) atoms. The average molecular weight is 259 g/mol. The van der Waals surface area contributed by atoms with E-state index in [0.717, 1.165) is 13.1 Å². The highest BCUT2D eigenvalue weighted by Crippen LogP contribution is 2.44. The number of piperidine rings is 1. The zero-order valence-corrected chi connectivity index (χ0v) is 10.8. The summed E-state index contributed by atoms with van der Waals surface area (Å²) in [4.78, 5) is 25.3. The van der Waals surface area contributed by atoms with Crippen molar-refractivity contribution in [1.82, 2.24) is 10.2 Å². The Hall–Kier alpha value is -1.88. The first-order valence-corrected chi connectivity index (χ1v) is 6.45. The molecule has 5 nitrogen and oxygen atoms in total. The van der Waals surface area contributed by atoms with E-state index in [1.165, 1.54) is 0 Å². The molecule has 1 aliphatic heterocycles. The Morgan fingerprint density at radius 3 is 2.21 bits per heavy atom. The monoisotopic (exact) mass is 259 g/mol. The molecule has 1 unspecified atom stereocenters. The van der Waals surface area contributed by atoms with Gasteiger partial charge in [0.1, 0.15) is 0 Å². The van der Waals surface area contributed by atoms with Crippen LogP contribution in [0.3, 0.4) is 0 Å². The molecule has 3 rings (SSSR count). The molecule has 2 amide bonds. The number of rotatable bonds is 3. The molecule has 0 bridgehead atoms. The Bertz CT molecular complexity index is 514. The molecule has 0 spiro atoms. The van der Waals surface area contributed by atoms with Crippen LogP contribution < -0.4 is 11.1 Å². The van der Waals surface area contributed by atoms with Crippen molar-refractivity contribution in [3.05, 3.63) is 35.4 Å². The third-order valence-corrected chi connectivity index (χ3v) is 4.11. The molecule has 1 saturated carbocycles. The molecule has 0 aromatic heterocycles. The van der Waals surface area contributed by atoms with Crippen LogP contribution in [0.25, 0.3) is 0 Å². The summed E-state index contributed by atoms with van der Waals surface area (Å²) < 4.78 is 0. The fraction of sp³-hybridized carbons (Fsp3) is 0.429. The van der Waals surface area contributed by atoms with Crippen LogP contribution in [-0.4, -0.2) is 42.9 Å². The topological polar surface area (TPSA) is 75.4 Å². The number of amides is 2. The summed E-state index contributed by atoms with van der Waals surface area (Å²) in [6, 6.07) is 6.76. The van der Waals surface area contributed by atoms with Gasteiger partial charge in [0.15, 0.2) is 0 Å². The second kappa shape index (κ2) is 4.35. The molecular formula is C14H17N3O2. The van der Waals surface area contributed by atoms with Crippen molar-refractivity contribution in [2.75, 3.05) is 20.1 Å². The minimum Gasteiger partial charge on any atom is -0.366 e. The average Bonchev–Trinajstić information content (AvgIpc) is 2.84. The summed E-state index contributed by atoms with van der Waals surface area (Å²) in [5, 5.41) is 3.06. The van der Waals surface area contributed by atoms with Crippen molar-refractivity contribution < 1.29 is 9.59 Å². The van der Waals surface area contributed by atoms with E-state index in [4.69, 9.17) is 5.73 Å². The van der Waals surface area contributed by atoms with Crippen LogP contribution in [-0.2, 0) is 0 Å². The van der Waals surface area contributed by atoms with E-state index < -0.39 is 5.91 Å². The maximum atomic E-state index is 12.0. The molecular weight excluding hydrogens is 242 g/mol. The van der Waals surface area contributed by atoms with Crippen molar-refractivity contribution in [2.45, 2.75) is 6.04 Å².